The minimum Gasteiger partial charge on any atom is -0.309 e. The van der Waals surface area contributed by atoms with E-state index in [1.807, 2.05) is 7.05 Å². The lowest BCUT2D eigenvalue weighted by molar-refractivity contribution is 0.688. The van der Waals surface area contributed by atoms with Gasteiger partial charge in [-0.2, -0.15) is 0 Å². The van der Waals surface area contributed by atoms with E-state index in [-0.39, 0.29) is 6.04 Å². The first-order valence-corrected chi connectivity index (χ1v) is 7.85. The molecule has 0 bridgehead atoms. The van der Waals surface area contributed by atoms with Crippen LogP contribution in [0.4, 0.5) is 0 Å². The molecule has 0 fully saturated rings. The van der Waals surface area contributed by atoms with Crippen molar-refractivity contribution in [3.63, 3.8) is 0 Å². The molecule has 2 heteroatoms. The van der Waals surface area contributed by atoms with Crippen LogP contribution < -0.4 is 5.32 Å². The van der Waals surface area contributed by atoms with Crippen LogP contribution in [0.3, 0.4) is 0 Å². The predicted octanol–water partition coefficient (Wildman–Crippen LogP) is 5.19. The number of hydrogen-bond donors (Lipinski definition) is 1. The third kappa shape index (κ3) is 3.31. The molecule has 2 rings (SSSR count). The number of nitrogens with one attached hydrogen (secondary N) is 1. The first kappa shape index (κ1) is 15.3. The summed E-state index contributed by atoms with van der Waals surface area (Å²) in [6.45, 7) is 6.56. The molecule has 2 aromatic carbocycles. The summed E-state index contributed by atoms with van der Waals surface area (Å²) >= 11 is 3.68. The predicted molar refractivity (Wildman–Crippen MR) is 90.3 cm³/mol. The standard InChI is InChI=1S/C18H22BrN/c1-12(2)14-6-8-15(9-7-14)18(20-4)16-10-5-13(3)11-17(16)19/h5-12,18,20H,1-4H3. The molecule has 0 saturated carbocycles. The van der Waals surface area contributed by atoms with Crippen molar-refractivity contribution in [1.82, 2.24) is 5.32 Å². The third-order valence-corrected chi connectivity index (χ3v) is 4.38. The fourth-order valence-corrected chi connectivity index (χ4v) is 3.16. The molecule has 20 heavy (non-hydrogen) atoms. The summed E-state index contributed by atoms with van der Waals surface area (Å²) in [4.78, 5) is 0. The van der Waals surface area contributed by atoms with Gasteiger partial charge in [0.15, 0.2) is 0 Å². The number of halogens is 1. The monoisotopic (exact) mass is 331 g/mol. The Morgan fingerprint density at radius 3 is 2.05 bits per heavy atom. The van der Waals surface area contributed by atoms with Gasteiger partial charge in [-0.25, -0.2) is 0 Å². The fraction of sp³-hybridized carbons (Fsp3) is 0.333. The summed E-state index contributed by atoms with van der Waals surface area (Å²) in [5.74, 6) is 0.572. The van der Waals surface area contributed by atoms with E-state index in [1.54, 1.807) is 0 Å². The molecule has 0 heterocycles. The second kappa shape index (κ2) is 6.55. The van der Waals surface area contributed by atoms with Gasteiger partial charge in [-0.3, -0.25) is 0 Å². The zero-order valence-corrected chi connectivity index (χ0v) is 14.2. The summed E-state index contributed by atoms with van der Waals surface area (Å²) in [6, 6.07) is 15.6. The highest BCUT2D eigenvalue weighted by atomic mass is 79.9. The Labute approximate surface area is 130 Å². The largest absolute Gasteiger partial charge is 0.309 e. The molecule has 0 aliphatic carbocycles. The molecule has 106 valence electrons. The lowest BCUT2D eigenvalue weighted by atomic mass is 9.95. The molecule has 0 aliphatic rings. The van der Waals surface area contributed by atoms with E-state index in [1.165, 1.54) is 22.3 Å². The Kier molecular flexibility index (Phi) is 5.00. The maximum absolute atomic E-state index is 3.68. The fourth-order valence-electron chi connectivity index (χ4n) is 2.44. The van der Waals surface area contributed by atoms with Crippen LogP contribution in [0.2, 0.25) is 0 Å². The summed E-state index contributed by atoms with van der Waals surface area (Å²) in [7, 11) is 2.01. The van der Waals surface area contributed by atoms with Gasteiger partial charge in [-0.05, 0) is 48.2 Å². The van der Waals surface area contributed by atoms with Crippen molar-refractivity contribution in [3.05, 3.63) is 69.2 Å². The average Bonchev–Trinajstić information content (AvgIpc) is 2.42. The van der Waals surface area contributed by atoms with Crippen LogP contribution in [0.1, 0.15) is 48.1 Å². The highest BCUT2D eigenvalue weighted by Crippen LogP contribution is 2.30. The summed E-state index contributed by atoms with van der Waals surface area (Å²) in [5.41, 5.74) is 5.22. The van der Waals surface area contributed by atoms with E-state index in [0.29, 0.717) is 5.92 Å². The first-order chi connectivity index (χ1) is 9.52. The van der Waals surface area contributed by atoms with Gasteiger partial charge in [0.2, 0.25) is 0 Å². The van der Waals surface area contributed by atoms with Crippen LogP contribution in [0, 0.1) is 6.92 Å². The van der Waals surface area contributed by atoms with Crippen molar-refractivity contribution >= 4 is 15.9 Å². The van der Waals surface area contributed by atoms with Crippen molar-refractivity contribution in [1.29, 1.82) is 0 Å². The van der Waals surface area contributed by atoms with Crippen LogP contribution in [0.5, 0.6) is 0 Å². The molecule has 0 aliphatic heterocycles. The van der Waals surface area contributed by atoms with Gasteiger partial charge in [-0.15, -0.1) is 0 Å². The lowest BCUT2D eigenvalue weighted by Crippen LogP contribution is -2.18. The van der Waals surface area contributed by atoms with Gasteiger partial charge in [0.25, 0.3) is 0 Å². The third-order valence-electron chi connectivity index (χ3n) is 3.69. The summed E-state index contributed by atoms with van der Waals surface area (Å²) < 4.78 is 1.16. The maximum atomic E-state index is 3.68. The van der Waals surface area contributed by atoms with Crippen molar-refractivity contribution in [2.75, 3.05) is 7.05 Å². The quantitative estimate of drug-likeness (QED) is 0.812. The Morgan fingerprint density at radius 2 is 1.55 bits per heavy atom. The van der Waals surface area contributed by atoms with Crippen LogP contribution in [-0.2, 0) is 0 Å². The SMILES string of the molecule is CNC(c1ccc(C(C)C)cc1)c1ccc(C)cc1Br. The smallest absolute Gasteiger partial charge is 0.0585 e. The molecular weight excluding hydrogens is 310 g/mol. The van der Waals surface area contributed by atoms with Gasteiger partial charge >= 0.3 is 0 Å². The van der Waals surface area contributed by atoms with Crippen LogP contribution in [-0.4, -0.2) is 7.05 Å². The van der Waals surface area contributed by atoms with Crippen LogP contribution in [0.25, 0.3) is 0 Å². The Morgan fingerprint density at radius 1 is 0.950 bits per heavy atom. The zero-order valence-electron chi connectivity index (χ0n) is 12.6. The van der Waals surface area contributed by atoms with Gasteiger partial charge < -0.3 is 5.32 Å². The number of hydrogen-bond acceptors (Lipinski definition) is 1. The van der Waals surface area contributed by atoms with E-state index in [9.17, 15) is 0 Å². The highest BCUT2D eigenvalue weighted by Gasteiger charge is 2.15. The minimum atomic E-state index is 0.214. The molecule has 2 aromatic rings. The highest BCUT2D eigenvalue weighted by molar-refractivity contribution is 9.10. The number of benzene rings is 2. The van der Waals surface area contributed by atoms with Crippen LogP contribution in [0.15, 0.2) is 46.9 Å². The van der Waals surface area contributed by atoms with E-state index in [2.05, 4.69) is 84.5 Å². The van der Waals surface area contributed by atoms with Gasteiger partial charge in [0, 0.05) is 4.47 Å². The molecule has 1 unspecified atom stereocenters. The first-order valence-electron chi connectivity index (χ1n) is 7.06. The second-order valence-corrected chi connectivity index (χ2v) is 6.42. The van der Waals surface area contributed by atoms with Crippen LogP contribution >= 0.6 is 15.9 Å². The molecule has 0 aromatic heterocycles. The van der Waals surface area contributed by atoms with Crippen molar-refractivity contribution < 1.29 is 0 Å². The molecular formula is C18H22BrN. The molecule has 0 radical (unpaired) electrons. The second-order valence-electron chi connectivity index (χ2n) is 5.57. The Hall–Kier alpha value is -1.12. The topological polar surface area (TPSA) is 12.0 Å². The van der Waals surface area contributed by atoms with Gasteiger partial charge in [-0.1, -0.05) is 66.2 Å². The summed E-state index contributed by atoms with van der Waals surface area (Å²) in [5, 5.41) is 3.41. The molecule has 1 nitrogen and oxygen atoms in total. The molecule has 0 spiro atoms. The maximum Gasteiger partial charge on any atom is 0.0585 e. The number of aryl methyl sites for hydroxylation is 1. The lowest BCUT2D eigenvalue weighted by Gasteiger charge is -2.20. The van der Waals surface area contributed by atoms with E-state index < -0.39 is 0 Å². The molecule has 1 N–H and O–H groups in total. The van der Waals surface area contributed by atoms with Gasteiger partial charge in [0.1, 0.15) is 0 Å². The van der Waals surface area contributed by atoms with Crippen molar-refractivity contribution in [2.45, 2.75) is 32.7 Å². The molecule has 0 amide bonds. The van der Waals surface area contributed by atoms with E-state index in [0.717, 1.165) is 4.47 Å². The minimum absolute atomic E-state index is 0.214. The van der Waals surface area contributed by atoms with Gasteiger partial charge in [0.05, 0.1) is 6.04 Å². The average molecular weight is 332 g/mol. The van der Waals surface area contributed by atoms with E-state index >= 15 is 0 Å². The number of rotatable bonds is 4. The molecule has 0 saturated heterocycles. The summed E-state index contributed by atoms with van der Waals surface area (Å²) in [6.07, 6.45) is 0. The van der Waals surface area contributed by atoms with Crippen molar-refractivity contribution in [2.24, 2.45) is 0 Å². The van der Waals surface area contributed by atoms with E-state index in [4.69, 9.17) is 0 Å². The molecule has 1 atom stereocenters. The van der Waals surface area contributed by atoms with Crippen molar-refractivity contribution in [3.8, 4) is 0 Å². The Balaban J connectivity index is 2.36. The zero-order chi connectivity index (χ0) is 14.7. The normalized spacial score (nSPS) is 12.7. The Bertz CT molecular complexity index is 572.